The lowest BCUT2D eigenvalue weighted by molar-refractivity contribution is -0.141. The smallest absolute Gasteiger partial charge is 0.407 e. The zero-order valence-electron chi connectivity index (χ0n) is 33.7. The summed E-state index contributed by atoms with van der Waals surface area (Å²) in [5.74, 6) is 6.94. The normalized spacial score (nSPS) is 31.2. The van der Waals surface area contributed by atoms with Gasteiger partial charge in [-0.05, 0) is 108 Å². The second-order valence-electron chi connectivity index (χ2n) is 17.9. The molecule has 5 rings (SSSR count). The summed E-state index contributed by atoms with van der Waals surface area (Å²) in [4.78, 5) is 42.0. The minimum atomic E-state index is -2.29. The molecule has 3 saturated carbocycles. The average molecular weight is 773 g/mol. The van der Waals surface area contributed by atoms with E-state index in [2.05, 4.69) is 89.5 Å². The fourth-order valence-electron chi connectivity index (χ4n) is 9.14. The molecule has 53 heavy (non-hydrogen) atoms. The highest BCUT2D eigenvalue weighted by Gasteiger charge is 2.69. The van der Waals surface area contributed by atoms with Gasteiger partial charge in [0.2, 0.25) is 11.8 Å². The van der Waals surface area contributed by atoms with Crippen LogP contribution in [0.2, 0.25) is 18.1 Å². The number of amides is 3. The highest BCUT2D eigenvalue weighted by Crippen LogP contribution is 2.62. The Kier molecular flexibility index (Phi) is 14.2. The van der Waals surface area contributed by atoms with Crippen LogP contribution >= 0.6 is 8.53 Å². The second kappa shape index (κ2) is 17.8. The summed E-state index contributed by atoms with van der Waals surface area (Å²) in [7, 11) is -3.84. The molecule has 0 aromatic rings. The van der Waals surface area contributed by atoms with Crippen LogP contribution in [0, 0.1) is 64.6 Å². The van der Waals surface area contributed by atoms with E-state index in [-0.39, 0.29) is 66.0 Å². The molecule has 0 aromatic heterocycles. The monoisotopic (exact) mass is 772 g/mol. The number of imide groups is 1. The molecule has 3 amide bonds. The summed E-state index contributed by atoms with van der Waals surface area (Å²) in [5.41, 5.74) is 0. The fraction of sp³-hybridized carbons (Fsp3) is 0.850. The lowest BCUT2D eigenvalue weighted by atomic mass is 9.78. The van der Waals surface area contributed by atoms with E-state index in [9.17, 15) is 19.6 Å². The summed E-state index contributed by atoms with van der Waals surface area (Å²) < 4.78 is 28.2. The molecule has 1 saturated heterocycles. The molecule has 11 nitrogen and oxygen atoms in total. The Hall–Kier alpha value is -2.05. The molecule has 0 radical (unpaired) electrons. The molecule has 4 aliphatic carbocycles. The number of alkyl carbamates (subject to hydrolysis) is 1. The first-order chi connectivity index (χ1) is 25.1. The number of fused-ring (bicyclic) bond motifs is 6. The molecule has 8 unspecified atom stereocenters. The van der Waals surface area contributed by atoms with Crippen LogP contribution < -0.4 is 5.32 Å². The van der Waals surface area contributed by atoms with E-state index in [1.807, 2.05) is 0 Å². The molecule has 4 fully saturated rings. The van der Waals surface area contributed by atoms with Gasteiger partial charge in [-0.25, -0.2) is 9.46 Å². The minimum absolute atomic E-state index is 0.0492. The zero-order valence-corrected chi connectivity index (χ0v) is 35.6. The summed E-state index contributed by atoms with van der Waals surface area (Å²) >= 11 is 0. The van der Waals surface area contributed by atoms with Gasteiger partial charge in [0.15, 0.2) is 8.32 Å². The molecule has 10 atom stereocenters. The van der Waals surface area contributed by atoms with E-state index >= 15 is 0 Å². The number of ether oxygens (including phenoxy) is 1. The van der Waals surface area contributed by atoms with Crippen molar-refractivity contribution in [3.8, 4) is 17.9 Å². The van der Waals surface area contributed by atoms with E-state index in [4.69, 9.17) is 18.2 Å². The molecule has 0 aromatic carbocycles. The van der Waals surface area contributed by atoms with Crippen LogP contribution in [0.3, 0.4) is 0 Å². The van der Waals surface area contributed by atoms with E-state index in [0.717, 1.165) is 38.5 Å². The van der Waals surface area contributed by atoms with Crippen molar-refractivity contribution in [3.05, 3.63) is 0 Å². The summed E-state index contributed by atoms with van der Waals surface area (Å²) in [6.45, 7) is 21.2. The van der Waals surface area contributed by atoms with Crippen molar-refractivity contribution in [1.29, 1.82) is 5.26 Å². The Morgan fingerprint density at radius 2 is 1.58 bits per heavy atom. The predicted octanol–water partition coefficient (Wildman–Crippen LogP) is 7.62. The number of nitrogens with one attached hydrogen (secondary N) is 1. The van der Waals surface area contributed by atoms with Gasteiger partial charge in [0.05, 0.1) is 49.7 Å². The number of unbranched alkanes of at least 4 members (excludes halogenated alkanes) is 2. The van der Waals surface area contributed by atoms with Crippen molar-refractivity contribution in [2.75, 3.05) is 26.3 Å². The summed E-state index contributed by atoms with van der Waals surface area (Å²) in [5, 5.41) is 12.1. The van der Waals surface area contributed by atoms with Crippen molar-refractivity contribution >= 4 is 34.8 Å². The SMILES string of the molecule is CC(C)N(C(C)C)P(OCCC#N)OC1C2CC(C1O[Si](C)(C)C(C)(C)C)C1C(=O)N(CCCCCNC(=O)OCC3[C@H]4CCC#CCC[C@@H]34)C(=O)C21. The largest absolute Gasteiger partial charge is 0.449 e. The van der Waals surface area contributed by atoms with Crippen LogP contribution in [0.25, 0.3) is 0 Å². The first-order valence-corrected chi connectivity index (χ1v) is 24.3. The summed E-state index contributed by atoms with van der Waals surface area (Å²) in [6.07, 6.45) is 6.19. The van der Waals surface area contributed by atoms with Gasteiger partial charge < -0.3 is 23.5 Å². The molecule has 2 bridgehead atoms. The number of carbonyl (C=O) groups is 3. The van der Waals surface area contributed by atoms with Crippen LogP contribution in [-0.4, -0.2) is 86.4 Å². The number of likely N-dealkylation sites (tertiary alicyclic amines) is 1. The fourth-order valence-corrected chi connectivity index (χ4v) is 12.3. The molecular weight excluding hydrogens is 708 g/mol. The van der Waals surface area contributed by atoms with Gasteiger partial charge in [0.1, 0.15) is 0 Å². The van der Waals surface area contributed by atoms with Crippen LogP contribution in [0.15, 0.2) is 0 Å². The van der Waals surface area contributed by atoms with E-state index < -0.39 is 34.8 Å². The Balaban J connectivity index is 1.17. The molecular formula is C40H65N4O7PSi. The molecule has 1 N–H and O–H groups in total. The quantitative estimate of drug-likeness (QED) is 0.0492. The van der Waals surface area contributed by atoms with E-state index in [1.165, 1.54) is 4.90 Å². The van der Waals surface area contributed by atoms with Gasteiger partial charge >= 0.3 is 6.09 Å². The zero-order chi connectivity index (χ0) is 38.7. The molecule has 5 aliphatic rings. The van der Waals surface area contributed by atoms with Crippen molar-refractivity contribution in [2.24, 2.45) is 41.4 Å². The third-order valence-electron chi connectivity index (χ3n) is 12.8. The first kappa shape index (κ1) is 42.1. The maximum atomic E-state index is 14.1. The highest BCUT2D eigenvalue weighted by molar-refractivity contribution is 7.44. The number of hydrogen-bond acceptors (Lipinski definition) is 9. The van der Waals surface area contributed by atoms with Crippen LogP contribution in [-0.2, 0) is 27.8 Å². The average Bonchev–Trinajstić information content (AvgIpc) is 3.28. The Morgan fingerprint density at radius 1 is 0.981 bits per heavy atom. The third-order valence-corrected chi connectivity index (χ3v) is 19.4. The molecule has 1 aliphatic heterocycles. The molecule has 0 spiro atoms. The predicted molar refractivity (Wildman–Crippen MR) is 207 cm³/mol. The van der Waals surface area contributed by atoms with Crippen LogP contribution in [0.1, 0.15) is 106 Å². The lowest BCUT2D eigenvalue weighted by Gasteiger charge is -2.46. The van der Waals surface area contributed by atoms with Crippen molar-refractivity contribution in [1.82, 2.24) is 14.9 Å². The molecule has 1 heterocycles. The number of rotatable bonds is 18. The van der Waals surface area contributed by atoms with Gasteiger partial charge in [-0.3, -0.25) is 14.5 Å². The highest BCUT2D eigenvalue weighted by atomic mass is 31.2. The number of nitrogens with zero attached hydrogens (tertiary/aromatic N) is 3. The number of nitriles is 1. The van der Waals surface area contributed by atoms with Gasteiger partial charge in [0.25, 0.3) is 8.53 Å². The van der Waals surface area contributed by atoms with Crippen molar-refractivity contribution < 1.29 is 32.6 Å². The minimum Gasteiger partial charge on any atom is -0.449 e. The number of hydrogen-bond donors (Lipinski definition) is 1. The molecule has 13 heteroatoms. The standard InChI is InChI=1S/C40H65N4O7PSi/c1-26(2)44(27(3)4)52(49-23-17-20-41)50-35-30-24-31(36(35)51-53(8,9)40(5,6)7)34-33(30)37(45)43(38(34)46)22-16-12-15-21-42-39(47)48-25-32-28-18-13-10-11-14-19-29(28)32/h26-36H,12-19,21-25H2,1-9H3,(H,42,47)/t28-,29+,30?,31?,32?,33?,34?,35?,36?,52?. The third kappa shape index (κ3) is 9.50. The van der Waals surface area contributed by atoms with Crippen LogP contribution in [0.5, 0.6) is 0 Å². The maximum Gasteiger partial charge on any atom is 0.407 e. The first-order valence-electron chi connectivity index (χ1n) is 20.2. The van der Waals surface area contributed by atoms with Crippen LogP contribution in [0.4, 0.5) is 4.79 Å². The topological polar surface area (TPSA) is 130 Å². The number of carbonyl (C=O) groups excluding carboxylic acids is 3. The van der Waals surface area contributed by atoms with Gasteiger partial charge in [-0.1, -0.05) is 20.8 Å². The molecule has 296 valence electrons. The summed E-state index contributed by atoms with van der Waals surface area (Å²) in [6, 6.07) is 2.45. The van der Waals surface area contributed by atoms with E-state index in [1.54, 1.807) is 0 Å². The Bertz CT molecular complexity index is 1390. The van der Waals surface area contributed by atoms with Crippen molar-refractivity contribution in [3.63, 3.8) is 0 Å². The lowest BCUT2D eigenvalue weighted by Crippen LogP contribution is -2.53. The van der Waals surface area contributed by atoms with E-state index in [0.29, 0.717) is 50.3 Å². The Labute approximate surface area is 321 Å². The maximum absolute atomic E-state index is 14.1. The van der Waals surface area contributed by atoms with Crippen molar-refractivity contribution in [2.45, 2.75) is 149 Å². The van der Waals surface area contributed by atoms with Gasteiger partial charge in [-0.2, -0.15) is 5.26 Å². The van der Waals surface area contributed by atoms with Gasteiger partial charge in [-0.15, -0.1) is 11.8 Å². The second-order valence-corrected chi connectivity index (χ2v) is 24.1. The van der Waals surface area contributed by atoms with Gasteiger partial charge in [0, 0.05) is 43.9 Å². The Morgan fingerprint density at radius 3 is 2.15 bits per heavy atom.